The molecule has 0 aliphatic rings. The number of anilines is 1. The number of hydrogen-bond donors (Lipinski definition) is 4. The highest BCUT2D eigenvalue weighted by Gasteiger charge is 2.28. The number of halogens is 1. The number of aliphatic hydroxyl groups excluding tert-OH is 2. The molecule has 0 bridgehead atoms. The fourth-order valence-electron chi connectivity index (χ4n) is 2.66. The number of nitrogens with two attached hydrogens (primary N) is 1. The third kappa shape index (κ3) is 3.45. The number of aromatic nitrogens is 2. The van der Waals surface area contributed by atoms with Crippen LogP contribution in [-0.4, -0.2) is 44.1 Å². The quantitative estimate of drug-likeness (QED) is 0.480. The first-order chi connectivity index (χ1) is 12.9. The second kappa shape index (κ2) is 7.28. The molecule has 7 nitrogen and oxygen atoms in total. The van der Waals surface area contributed by atoms with Gasteiger partial charge >= 0.3 is 0 Å². The van der Waals surface area contributed by atoms with E-state index < -0.39 is 30.4 Å². The van der Waals surface area contributed by atoms with Crippen molar-refractivity contribution in [1.29, 1.82) is 0 Å². The van der Waals surface area contributed by atoms with E-state index >= 15 is 0 Å². The van der Waals surface area contributed by atoms with Crippen molar-refractivity contribution in [2.24, 2.45) is 0 Å². The molecule has 0 aliphatic heterocycles. The highest BCUT2D eigenvalue weighted by molar-refractivity contribution is 6.11. The lowest BCUT2D eigenvalue weighted by Gasteiger charge is -2.24. The van der Waals surface area contributed by atoms with Gasteiger partial charge in [-0.2, -0.15) is 5.10 Å². The average molecular weight is 371 g/mol. The maximum absolute atomic E-state index is 13.1. The van der Waals surface area contributed by atoms with Crippen LogP contribution in [0.1, 0.15) is 21.5 Å². The van der Waals surface area contributed by atoms with Crippen molar-refractivity contribution in [2.45, 2.75) is 5.60 Å². The fraction of sp³-hybridized carbons (Fsp3) is 0.158. The number of nitrogens with zero attached hydrogens (tertiary/aromatic N) is 2. The molecule has 2 aromatic carbocycles. The third-order valence-corrected chi connectivity index (χ3v) is 4.31. The summed E-state index contributed by atoms with van der Waals surface area (Å²) < 4.78 is 14.4. The number of aliphatic hydroxyl groups is 3. The molecule has 0 spiro atoms. The zero-order valence-electron chi connectivity index (χ0n) is 14.2. The van der Waals surface area contributed by atoms with Gasteiger partial charge in [0.15, 0.2) is 5.78 Å². The molecule has 0 aliphatic carbocycles. The average Bonchev–Trinajstić information content (AvgIpc) is 3.08. The lowest BCUT2D eigenvalue weighted by molar-refractivity contribution is -0.0598. The second-order valence-electron chi connectivity index (χ2n) is 6.09. The zero-order valence-corrected chi connectivity index (χ0v) is 14.2. The molecule has 0 saturated heterocycles. The first-order valence-electron chi connectivity index (χ1n) is 8.08. The standard InChI is InChI=1S/C19H18FN3O4/c20-14-4-6-15(7-5-14)23-18(21)16(9-22-23)17(26)12-2-1-3-13(8-12)19(27,10-24)11-25/h1-9,24-25,27H,10-11,21H2. The van der Waals surface area contributed by atoms with Gasteiger partial charge in [-0.25, -0.2) is 9.07 Å². The van der Waals surface area contributed by atoms with E-state index in [9.17, 15) is 24.5 Å². The Balaban J connectivity index is 1.97. The highest BCUT2D eigenvalue weighted by Crippen LogP contribution is 2.24. The van der Waals surface area contributed by atoms with Gasteiger partial charge in [-0.1, -0.05) is 18.2 Å². The van der Waals surface area contributed by atoms with Gasteiger partial charge < -0.3 is 21.1 Å². The number of carbonyl (C=O) groups is 1. The summed E-state index contributed by atoms with van der Waals surface area (Å²) in [6.45, 7) is -1.41. The largest absolute Gasteiger partial charge is 0.393 e. The molecular formula is C19H18FN3O4. The van der Waals surface area contributed by atoms with Gasteiger partial charge in [0.05, 0.1) is 30.7 Å². The molecule has 3 aromatic rings. The first-order valence-corrected chi connectivity index (χ1v) is 8.08. The topological polar surface area (TPSA) is 122 Å². The number of benzene rings is 2. The molecule has 0 amide bonds. The van der Waals surface area contributed by atoms with Crippen molar-refractivity contribution in [3.05, 3.63) is 77.2 Å². The Bertz CT molecular complexity index is 965. The van der Waals surface area contributed by atoms with Crippen LogP contribution in [0.25, 0.3) is 5.69 Å². The van der Waals surface area contributed by atoms with Crippen LogP contribution in [0.4, 0.5) is 10.2 Å². The van der Waals surface area contributed by atoms with Gasteiger partial charge in [0, 0.05) is 5.56 Å². The maximum atomic E-state index is 13.1. The Hall–Kier alpha value is -3.07. The summed E-state index contributed by atoms with van der Waals surface area (Å²) in [4.78, 5) is 12.8. The van der Waals surface area contributed by atoms with Gasteiger partial charge in [0.1, 0.15) is 17.2 Å². The molecule has 3 rings (SSSR count). The van der Waals surface area contributed by atoms with Crippen LogP contribution in [0.5, 0.6) is 0 Å². The molecule has 0 atom stereocenters. The Morgan fingerprint density at radius 1 is 1.15 bits per heavy atom. The van der Waals surface area contributed by atoms with Crippen LogP contribution in [0.3, 0.4) is 0 Å². The SMILES string of the molecule is Nc1c(C(=O)c2cccc(C(O)(CO)CO)c2)cnn1-c1ccc(F)cc1. The Kier molecular flexibility index (Phi) is 5.04. The molecule has 0 radical (unpaired) electrons. The van der Waals surface area contributed by atoms with Gasteiger partial charge in [0.2, 0.25) is 0 Å². The molecule has 0 saturated carbocycles. The van der Waals surface area contributed by atoms with Crippen molar-refractivity contribution in [3.8, 4) is 5.69 Å². The van der Waals surface area contributed by atoms with Gasteiger partial charge in [-0.05, 0) is 35.9 Å². The molecule has 0 unspecified atom stereocenters. The van der Waals surface area contributed by atoms with Crippen LogP contribution in [0.15, 0.2) is 54.7 Å². The summed E-state index contributed by atoms with van der Waals surface area (Å²) in [7, 11) is 0. The van der Waals surface area contributed by atoms with Crippen LogP contribution in [0.2, 0.25) is 0 Å². The summed E-state index contributed by atoms with van der Waals surface area (Å²) >= 11 is 0. The van der Waals surface area contributed by atoms with Crippen LogP contribution in [0, 0.1) is 5.82 Å². The monoisotopic (exact) mass is 371 g/mol. The molecule has 5 N–H and O–H groups in total. The molecule has 1 heterocycles. The summed E-state index contributed by atoms with van der Waals surface area (Å²) in [5.74, 6) is -0.768. The predicted molar refractivity (Wildman–Crippen MR) is 95.9 cm³/mol. The first kappa shape index (κ1) is 18.7. The van der Waals surface area contributed by atoms with E-state index in [0.717, 1.165) is 0 Å². The van der Waals surface area contributed by atoms with E-state index in [4.69, 9.17) is 5.73 Å². The molecular weight excluding hydrogens is 353 g/mol. The van der Waals surface area contributed by atoms with Gasteiger partial charge in [0.25, 0.3) is 0 Å². The minimum Gasteiger partial charge on any atom is -0.393 e. The Morgan fingerprint density at radius 3 is 2.44 bits per heavy atom. The zero-order chi connectivity index (χ0) is 19.6. The Morgan fingerprint density at radius 2 is 1.81 bits per heavy atom. The van der Waals surface area contributed by atoms with Crippen molar-refractivity contribution in [1.82, 2.24) is 9.78 Å². The van der Waals surface area contributed by atoms with Gasteiger partial charge in [-0.3, -0.25) is 4.79 Å². The maximum Gasteiger partial charge on any atom is 0.198 e. The highest BCUT2D eigenvalue weighted by atomic mass is 19.1. The van der Waals surface area contributed by atoms with Crippen molar-refractivity contribution in [3.63, 3.8) is 0 Å². The Labute approximate surface area is 154 Å². The fourth-order valence-corrected chi connectivity index (χ4v) is 2.66. The number of rotatable bonds is 6. The summed E-state index contributed by atoms with van der Waals surface area (Å²) in [6, 6.07) is 11.4. The van der Waals surface area contributed by atoms with E-state index in [1.54, 1.807) is 0 Å². The second-order valence-corrected chi connectivity index (χ2v) is 6.09. The van der Waals surface area contributed by atoms with Crippen LogP contribution >= 0.6 is 0 Å². The van der Waals surface area contributed by atoms with Crippen LogP contribution < -0.4 is 5.73 Å². The van der Waals surface area contributed by atoms with E-state index in [0.29, 0.717) is 5.69 Å². The molecule has 1 aromatic heterocycles. The molecule has 8 heteroatoms. The predicted octanol–water partition coefficient (Wildman–Crippen LogP) is 0.997. The smallest absolute Gasteiger partial charge is 0.198 e. The van der Waals surface area contributed by atoms with E-state index in [1.165, 1.54) is 59.4 Å². The number of hydrogen-bond acceptors (Lipinski definition) is 6. The number of nitrogen functional groups attached to an aromatic ring is 1. The third-order valence-electron chi connectivity index (χ3n) is 4.31. The normalized spacial score (nSPS) is 11.6. The summed E-state index contributed by atoms with van der Waals surface area (Å²) in [6.07, 6.45) is 1.30. The number of ketones is 1. The molecule has 140 valence electrons. The van der Waals surface area contributed by atoms with E-state index in [2.05, 4.69) is 5.10 Å². The molecule has 27 heavy (non-hydrogen) atoms. The number of carbonyl (C=O) groups excluding carboxylic acids is 1. The lowest BCUT2D eigenvalue weighted by atomic mass is 9.92. The summed E-state index contributed by atoms with van der Waals surface area (Å²) in [5, 5.41) is 33.0. The molecule has 0 fully saturated rings. The minimum absolute atomic E-state index is 0.0802. The van der Waals surface area contributed by atoms with E-state index in [1.807, 2.05) is 0 Å². The van der Waals surface area contributed by atoms with E-state index in [-0.39, 0.29) is 22.5 Å². The van der Waals surface area contributed by atoms with Crippen molar-refractivity contribution >= 4 is 11.6 Å². The van der Waals surface area contributed by atoms with Gasteiger partial charge in [-0.15, -0.1) is 0 Å². The van der Waals surface area contributed by atoms with Crippen LogP contribution in [-0.2, 0) is 5.60 Å². The van der Waals surface area contributed by atoms with Crippen molar-refractivity contribution < 1.29 is 24.5 Å². The minimum atomic E-state index is -1.86. The summed E-state index contributed by atoms with van der Waals surface area (Å²) in [5.41, 5.74) is 5.22. The van der Waals surface area contributed by atoms with Crippen molar-refractivity contribution in [2.75, 3.05) is 18.9 Å². The lowest BCUT2D eigenvalue weighted by Crippen LogP contribution is -2.34.